The maximum absolute atomic E-state index is 11.5. The molecule has 1 saturated heterocycles. The van der Waals surface area contributed by atoms with Gasteiger partial charge in [-0.05, 0) is 27.7 Å². The van der Waals surface area contributed by atoms with Crippen LogP contribution in [0.3, 0.4) is 0 Å². The Morgan fingerprint density at radius 2 is 2.18 bits per heavy atom. The first kappa shape index (κ1) is 13.8. The quantitative estimate of drug-likeness (QED) is 0.660. The predicted molar refractivity (Wildman–Crippen MR) is 59.4 cm³/mol. The minimum atomic E-state index is -1.31. The molecule has 1 amide bonds. The SMILES string of the molecule is CC(C)(C)OC(=O)N[C@@H]1C(=O)OCC[C@]1(C)O. The van der Waals surface area contributed by atoms with E-state index in [1.165, 1.54) is 6.92 Å². The van der Waals surface area contributed by atoms with Gasteiger partial charge in [-0.15, -0.1) is 0 Å². The van der Waals surface area contributed by atoms with Crippen molar-refractivity contribution in [1.29, 1.82) is 0 Å². The summed E-state index contributed by atoms with van der Waals surface area (Å²) in [5.74, 6) is -0.646. The zero-order valence-corrected chi connectivity index (χ0v) is 10.6. The van der Waals surface area contributed by atoms with E-state index in [0.29, 0.717) is 0 Å². The van der Waals surface area contributed by atoms with Crippen molar-refractivity contribution in [2.45, 2.75) is 51.4 Å². The smallest absolute Gasteiger partial charge is 0.408 e. The Morgan fingerprint density at radius 3 is 2.65 bits per heavy atom. The Labute approximate surface area is 100 Å². The van der Waals surface area contributed by atoms with Crippen LogP contribution in [0.1, 0.15) is 34.1 Å². The summed E-state index contributed by atoms with van der Waals surface area (Å²) in [5.41, 5.74) is -1.97. The molecule has 0 aromatic carbocycles. The van der Waals surface area contributed by atoms with Crippen LogP contribution in [0.4, 0.5) is 4.79 Å². The van der Waals surface area contributed by atoms with Crippen molar-refractivity contribution in [2.24, 2.45) is 0 Å². The van der Waals surface area contributed by atoms with Gasteiger partial charge in [0.2, 0.25) is 0 Å². The number of rotatable bonds is 1. The van der Waals surface area contributed by atoms with E-state index in [9.17, 15) is 14.7 Å². The maximum Gasteiger partial charge on any atom is 0.408 e. The zero-order chi connectivity index (χ0) is 13.3. The zero-order valence-electron chi connectivity index (χ0n) is 10.6. The van der Waals surface area contributed by atoms with Crippen molar-refractivity contribution in [2.75, 3.05) is 6.61 Å². The third-order valence-corrected chi connectivity index (χ3v) is 2.37. The average Bonchev–Trinajstić information content (AvgIpc) is 2.08. The number of alkyl carbamates (subject to hydrolysis) is 1. The second kappa shape index (κ2) is 4.52. The van der Waals surface area contributed by atoms with E-state index < -0.39 is 29.3 Å². The summed E-state index contributed by atoms with van der Waals surface area (Å²) < 4.78 is 9.80. The molecular formula is C11H19NO5. The average molecular weight is 245 g/mol. The lowest BCUT2D eigenvalue weighted by Crippen LogP contribution is -2.59. The number of carbonyl (C=O) groups excluding carboxylic acids is 2. The summed E-state index contributed by atoms with van der Waals surface area (Å²) in [6, 6.07) is -1.09. The third kappa shape index (κ3) is 3.89. The van der Waals surface area contributed by atoms with Crippen molar-refractivity contribution < 1.29 is 24.2 Å². The first-order chi connectivity index (χ1) is 7.62. The highest BCUT2D eigenvalue weighted by molar-refractivity contribution is 5.83. The summed E-state index contributed by atoms with van der Waals surface area (Å²) in [6.07, 6.45) is -0.472. The Morgan fingerprint density at radius 1 is 1.59 bits per heavy atom. The first-order valence-corrected chi connectivity index (χ1v) is 5.50. The largest absolute Gasteiger partial charge is 0.464 e. The summed E-state index contributed by atoms with van der Waals surface area (Å²) in [6.45, 7) is 6.77. The van der Waals surface area contributed by atoms with Gasteiger partial charge in [0.05, 0.1) is 12.2 Å². The Balaban J connectivity index is 2.65. The van der Waals surface area contributed by atoms with E-state index >= 15 is 0 Å². The molecule has 0 spiro atoms. The molecule has 1 heterocycles. The lowest BCUT2D eigenvalue weighted by molar-refractivity contribution is -0.164. The van der Waals surface area contributed by atoms with Crippen LogP contribution >= 0.6 is 0 Å². The Kier molecular flexibility index (Phi) is 3.66. The molecule has 2 atom stereocenters. The second-order valence-electron chi connectivity index (χ2n) is 5.35. The standard InChI is InChI=1S/C11H19NO5/c1-10(2,3)17-9(14)12-7-8(13)16-6-5-11(7,4)15/h7,15H,5-6H2,1-4H3,(H,12,14)/t7-,11+/m1/s1. The minimum absolute atomic E-state index is 0.151. The molecule has 0 bridgehead atoms. The number of carbonyl (C=O) groups is 2. The van der Waals surface area contributed by atoms with Gasteiger partial charge in [0.1, 0.15) is 5.60 Å². The lowest BCUT2D eigenvalue weighted by atomic mass is 9.91. The number of hydrogen-bond donors (Lipinski definition) is 2. The van der Waals surface area contributed by atoms with E-state index in [0.717, 1.165) is 0 Å². The van der Waals surface area contributed by atoms with Crippen LogP contribution in [0.2, 0.25) is 0 Å². The van der Waals surface area contributed by atoms with Crippen molar-refractivity contribution in [3.63, 3.8) is 0 Å². The van der Waals surface area contributed by atoms with Gasteiger partial charge in [-0.2, -0.15) is 0 Å². The monoisotopic (exact) mass is 245 g/mol. The van der Waals surface area contributed by atoms with Crippen LogP contribution in [0.25, 0.3) is 0 Å². The second-order valence-corrected chi connectivity index (χ2v) is 5.35. The summed E-state index contributed by atoms with van der Waals surface area (Å²) >= 11 is 0. The molecule has 6 nitrogen and oxygen atoms in total. The molecule has 0 radical (unpaired) electrons. The number of aliphatic hydroxyl groups is 1. The molecule has 1 rings (SSSR count). The highest BCUT2D eigenvalue weighted by atomic mass is 16.6. The molecule has 0 saturated carbocycles. The fourth-order valence-corrected chi connectivity index (χ4v) is 1.48. The van der Waals surface area contributed by atoms with Gasteiger partial charge in [-0.25, -0.2) is 9.59 Å². The van der Waals surface area contributed by atoms with E-state index in [2.05, 4.69) is 5.32 Å². The highest BCUT2D eigenvalue weighted by Crippen LogP contribution is 2.21. The van der Waals surface area contributed by atoms with Gasteiger partial charge in [-0.3, -0.25) is 0 Å². The van der Waals surface area contributed by atoms with Gasteiger partial charge in [0.15, 0.2) is 6.04 Å². The van der Waals surface area contributed by atoms with Crippen molar-refractivity contribution in [3.05, 3.63) is 0 Å². The Bertz CT molecular complexity index is 318. The molecule has 0 aromatic rings. The van der Waals surface area contributed by atoms with E-state index in [1.807, 2.05) is 0 Å². The molecule has 6 heteroatoms. The van der Waals surface area contributed by atoms with Gasteiger partial charge in [0, 0.05) is 6.42 Å². The number of hydrogen-bond acceptors (Lipinski definition) is 5. The molecule has 1 aliphatic heterocycles. The molecular weight excluding hydrogens is 226 g/mol. The molecule has 0 unspecified atom stereocenters. The molecule has 1 fully saturated rings. The third-order valence-electron chi connectivity index (χ3n) is 2.37. The maximum atomic E-state index is 11.5. The van der Waals surface area contributed by atoms with E-state index in [1.54, 1.807) is 20.8 Å². The van der Waals surface area contributed by atoms with Gasteiger partial charge >= 0.3 is 12.1 Å². The topological polar surface area (TPSA) is 84.9 Å². The molecule has 0 aromatic heterocycles. The first-order valence-electron chi connectivity index (χ1n) is 5.50. The number of cyclic esters (lactones) is 1. The van der Waals surface area contributed by atoms with Gasteiger partial charge in [0.25, 0.3) is 0 Å². The highest BCUT2D eigenvalue weighted by Gasteiger charge is 2.43. The number of ether oxygens (including phenoxy) is 2. The normalized spacial score (nSPS) is 29.5. The summed E-state index contributed by atoms with van der Waals surface area (Å²) in [7, 11) is 0. The van der Waals surface area contributed by atoms with Crippen molar-refractivity contribution in [3.8, 4) is 0 Å². The molecule has 2 N–H and O–H groups in total. The van der Waals surface area contributed by atoms with Crippen LogP contribution < -0.4 is 5.32 Å². The molecule has 98 valence electrons. The van der Waals surface area contributed by atoms with Gasteiger partial charge < -0.3 is 19.9 Å². The fraction of sp³-hybridized carbons (Fsp3) is 0.818. The van der Waals surface area contributed by atoms with Crippen LogP contribution in [-0.4, -0.2) is 41.0 Å². The summed E-state index contributed by atoms with van der Waals surface area (Å²) in [4.78, 5) is 23.0. The number of esters is 1. The van der Waals surface area contributed by atoms with Crippen LogP contribution in [0.5, 0.6) is 0 Å². The fourth-order valence-electron chi connectivity index (χ4n) is 1.48. The molecule has 0 aliphatic carbocycles. The Hall–Kier alpha value is -1.30. The van der Waals surface area contributed by atoms with Gasteiger partial charge in [-0.1, -0.05) is 0 Å². The number of amides is 1. The summed E-state index contributed by atoms with van der Waals surface area (Å²) in [5, 5.41) is 12.3. The predicted octanol–water partition coefficient (Wildman–Crippen LogP) is 0.578. The van der Waals surface area contributed by atoms with Crippen molar-refractivity contribution >= 4 is 12.1 Å². The van der Waals surface area contributed by atoms with Crippen molar-refractivity contribution in [1.82, 2.24) is 5.32 Å². The van der Waals surface area contributed by atoms with Crippen LogP contribution in [0, 0.1) is 0 Å². The molecule has 17 heavy (non-hydrogen) atoms. The van der Waals surface area contributed by atoms with Crippen LogP contribution in [-0.2, 0) is 14.3 Å². The number of nitrogens with one attached hydrogen (secondary N) is 1. The van der Waals surface area contributed by atoms with Crippen LogP contribution in [0.15, 0.2) is 0 Å². The lowest BCUT2D eigenvalue weighted by Gasteiger charge is -2.35. The van der Waals surface area contributed by atoms with E-state index in [-0.39, 0.29) is 13.0 Å². The minimum Gasteiger partial charge on any atom is -0.464 e. The molecule has 1 aliphatic rings. The van der Waals surface area contributed by atoms with E-state index in [4.69, 9.17) is 9.47 Å².